The number of fused-ring (bicyclic) bond motifs is 5. The fourth-order valence-electron chi connectivity index (χ4n) is 4.97. The van der Waals surface area contributed by atoms with Gasteiger partial charge in [-0.3, -0.25) is 0 Å². The van der Waals surface area contributed by atoms with Crippen LogP contribution in [0, 0.1) is 31.2 Å². The van der Waals surface area contributed by atoms with Crippen LogP contribution in [-0.4, -0.2) is 4.98 Å². The summed E-state index contributed by atoms with van der Waals surface area (Å²) < 4.78 is 0. The summed E-state index contributed by atoms with van der Waals surface area (Å²) in [5.41, 5.74) is 7.29. The van der Waals surface area contributed by atoms with Crippen molar-refractivity contribution in [2.24, 2.45) is 0 Å². The Labute approximate surface area is 218 Å². The van der Waals surface area contributed by atoms with Crippen LogP contribution in [-0.2, 0) is 20.1 Å². The van der Waals surface area contributed by atoms with Crippen molar-refractivity contribution in [2.75, 3.05) is 0 Å². The van der Waals surface area contributed by atoms with Gasteiger partial charge in [0.05, 0.1) is 11.6 Å². The van der Waals surface area contributed by atoms with Crippen molar-refractivity contribution in [1.82, 2.24) is 4.98 Å². The van der Waals surface area contributed by atoms with Gasteiger partial charge in [-0.2, -0.15) is 5.26 Å². The van der Waals surface area contributed by atoms with E-state index in [1.54, 1.807) is 0 Å². The molecule has 1 radical (unpaired) electrons. The molecule has 1 heterocycles. The fraction of sp³-hybridized carbons (Fsp3) is 0.0625. The zero-order chi connectivity index (χ0) is 23.2. The monoisotopic (exact) mass is 626 g/mol. The first-order chi connectivity index (χ1) is 16.6. The van der Waals surface area contributed by atoms with Crippen molar-refractivity contribution in [3.63, 3.8) is 0 Å². The van der Waals surface area contributed by atoms with Crippen LogP contribution in [0.4, 0.5) is 0 Å². The van der Waals surface area contributed by atoms with Gasteiger partial charge in [-0.15, -0.1) is 34.9 Å². The molecule has 6 aromatic rings. The van der Waals surface area contributed by atoms with Crippen LogP contribution >= 0.6 is 0 Å². The summed E-state index contributed by atoms with van der Waals surface area (Å²) >= 11 is 0. The Kier molecular flexibility index (Phi) is 5.95. The van der Waals surface area contributed by atoms with E-state index in [0.29, 0.717) is 5.56 Å². The Hall–Kier alpha value is -3.83. The topological polar surface area (TPSA) is 36.7 Å². The number of hydrogen-bond acceptors (Lipinski definition) is 2. The minimum atomic E-state index is 0. The number of pyridine rings is 1. The van der Waals surface area contributed by atoms with Gasteiger partial charge in [-0.1, -0.05) is 62.4 Å². The van der Waals surface area contributed by atoms with Crippen molar-refractivity contribution in [3.05, 3.63) is 114 Å². The van der Waals surface area contributed by atoms with E-state index in [2.05, 4.69) is 86.6 Å². The first-order valence-electron chi connectivity index (χ1n) is 11.4. The van der Waals surface area contributed by atoms with E-state index in [0.717, 1.165) is 33.3 Å². The Morgan fingerprint density at radius 2 is 1.34 bits per heavy atom. The van der Waals surface area contributed by atoms with Crippen LogP contribution in [0.25, 0.3) is 54.7 Å². The Balaban J connectivity index is 0.00000253. The quantitative estimate of drug-likeness (QED) is 0.144. The molecule has 0 amide bonds. The molecule has 0 atom stereocenters. The molecule has 0 saturated carbocycles. The number of rotatable bonds is 2. The van der Waals surface area contributed by atoms with Gasteiger partial charge in [0.1, 0.15) is 0 Å². The van der Waals surface area contributed by atoms with Crippen molar-refractivity contribution < 1.29 is 20.1 Å². The molecule has 169 valence electrons. The third-order valence-corrected chi connectivity index (χ3v) is 6.51. The van der Waals surface area contributed by atoms with Gasteiger partial charge in [0.2, 0.25) is 0 Å². The van der Waals surface area contributed by atoms with E-state index in [9.17, 15) is 0 Å². The van der Waals surface area contributed by atoms with Crippen molar-refractivity contribution in [1.29, 1.82) is 5.26 Å². The Morgan fingerprint density at radius 3 is 2.11 bits per heavy atom. The molecule has 2 nitrogen and oxygen atoms in total. The van der Waals surface area contributed by atoms with Crippen molar-refractivity contribution in [2.45, 2.75) is 13.8 Å². The van der Waals surface area contributed by atoms with Crippen LogP contribution in [0.1, 0.15) is 16.7 Å². The van der Waals surface area contributed by atoms with E-state index >= 15 is 0 Å². The molecule has 35 heavy (non-hydrogen) atoms. The van der Waals surface area contributed by atoms with Crippen LogP contribution in [0.15, 0.2) is 91.1 Å². The predicted molar refractivity (Wildman–Crippen MR) is 141 cm³/mol. The molecule has 0 aliphatic heterocycles. The zero-order valence-electron chi connectivity index (χ0n) is 19.4. The summed E-state index contributed by atoms with van der Waals surface area (Å²) in [6.07, 6.45) is 1.90. The molecule has 5 aromatic carbocycles. The van der Waals surface area contributed by atoms with Gasteiger partial charge in [0.15, 0.2) is 0 Å². The maximum Gasteiger partial charge on any atom is 0.0991 e. The second-order valence-electron chi connectivity index (χ2n) is 8.86. The molecule has 0 saturated heterocycles. The number of aromatic nitrogens is 1. The first-order valence-corrected chi connectivity index (χ1v) is 11.4. The Morgan fingerprint density at radius 1 is 0.686 bits per heavy atom. The van der Waals surface area contributed by atoms with Crippen LogP contribution < -0.4 is 0 Å². The second-order valence-corrected chi connectivity index (χ2v) is 8.86. The average molecular weight is 626 g/mol. The van der Waals surface area contributed by atoms with Gasteiger partial charge in [0, 0.05) is 26.3 Å². The maximum absolute atomic E-state index is 9.07. The first kappa shape index (κ1) is 22.9. The molecule has 0 unspecified atom stereocenters. The number of nitriles is 1. The van der Waals surface area contributed by atoms with Crippen molar-refractivity contribution >= 4 is 32.3 Å². The summed E-state index contributed by atoms with van der Waals surface area (Å²) in [5, 5.41) is 16.3. The van der Waals surface area contributed by atoms with E-state index in [1.807, 2.05) is 30.5 Å². The van der Waals surface area contributed by atoms with Crippen LogP contribution in [0.5, 0.6) is 0 Å². The summed E-state index contributed by atoms with van der Waals surface area (Å²) in [6, 6.07) is 35.2. The van der Waals surface area contributed by atoms with Gasteiger partial charge >= 0.3 is 0 Å². The summed E-state index contributed by atoms with van der Waals surface area (Å²) in [6.45, 7) is 4.19. The summed E-state index contributed by atoms with van der Waals surface area (Å²) in [5.74, 6) is 0. The molecular weight excluding hydrogens is 605 g/mol. The standard InChI is InChI=1S/C32H21N2.Ir/c1-20-15-21(2)17-26(16-20)32-31-12-11-28-27-9-7-24(23-5-3-22(19-33)4-6-23)18-25(27)8-10-29(28)30(31)13-14-34-32;/h3-16,18H,1-2H3;/q-1;. The van der Waals surface area contributed by atoms with E-state index in [1.165, 1.54) is 32.5 Å². The number of benzene rings is 5. The van der Waals surface area contributed by atoms with E-state index in [4.69, 9.17) is 10.2 Å². The van der Waals surface area contributed by atoms with Crippen LogP contribution in [0.2, 0.25) is 0 Å². The molecule has 0 aliphatic rings. The van der Waals surface area contributed by atoms with Gasteiger partial charge in [-0.05, 0) is 73.4 Å². The Bertz CT molecular complexity index is 1760. The third kappa shape index (κ3) is 4.02. The predicted octanol–water partition coefficient (Wildman–Crippen LogP) is 8.16. The second kappa shape index (κ2) is 9.08. The van der Waals surface area contributed by atoms with Gasteiger partial charge in [0.25, 0.3) is 0 Å². The van der Waals surface area contributed by atoms with E-state index in [-0.39, 0.29) is 20.1 Å². The zero-order valence-corrected chi connectivity index (χ0v) is 21.8. The molecule has 0 fully saturated rings. The summed E-state index contributed by atoms with van der Waals surface area (Å²) in [4.78, 5) is 4.73. The minimum Gasteiger partial charge on any atom is -0.304 e. The molecular formula is C32H21IrN2-. The summed E-state index contributed by atoms with van der Waals surface area (Å²) in [7, 11) is 0. The van der Waals surface area contributed by atoms with Gasteiger partial charge < -0.3 is 4.98 Å². The molecule has 3 heteroatoms. The largest absolute Gasteiger partial charge is 0.304 e. The van der Waals surface area contributed by atoms with Crippen molar-refractivity contribution in [3.8, 4) is 28.5 Å². The number of hydrogen-bond donors (Lipinski definition) is 0. The fourth-order valence-corrected chi connectivity index (χ4v) is 4.97. The smallest absolute Gasteiger partial charge is 0.0991 e. The number of nitrogens with zero attached hydrogens (tertiary/aromatic N) is 2. The van der Waals surface area contributed by atoms with E-state index < -0.39 is 0 Å². The molecule has 0 aliphatic carbocycles. The molecule has 6 rings (SSSR count). The van der Waals surface area contributed by atoms with Gasteiger partial charge in [-0.25, -0.2) is 0 Å². The third-order valence-electron chi connectivity index (χ3n) is 6.51. The number of aryl methyl sites for hydroxylation is 2. The SMILES string of the molecule is Cc1[c-]c(-c2nccc3c2ccc2c4ccc(-c5ccc(C#N)cc5)cc4ccc32)cc(C)c1.[Ir]. The minimum absolute atomic E-state index is 0. The molecule has 0 N–H and O–H groups in total. The average Bonchev–Trinajstić information content (AvgIpc) is 2.87. The van der Waals surface area contributed by atoms with Crippen LogP contribution in [0.3, 0.4) is 0 Å². The molecule has 0 bridgehead atoms. The molecule has 0 spiro atoms. The molecule has 1 aromatic heterocycles. The maximum atomic E-state index is 9.07. The normalized spacial score (nSPS) is 10.9.